The Hall–Kier alpha value is -3.09. The molecule has 7 heteroatoms. The van der Waals surface area contributed by atoms with Gasteiger partial charge in [0.2, 0.25) is 0 Å². The molecule has 0 bridgehead atoms. The van der Waals surface area contributed by atoms with Crippen LogP contribution in [-0.2, 0) is 12.7 Å². The first-order chi connectivity index (χ1) is 11.9. The van der Waals surface area contributed by atoms with Crippen molar-refractivity contribution in [2.24, 2.45) is 0 Å². The minimum absolute atomic E-state index is 0.134. The Balaban J connectivity index is 1.69. The van der Waals surface area contributed by atoms with E-state index in [-0.39, 0.29) is 12.1 Å². The number of benzene rings is 2. The summed E-state index contributed by atoms with van der Waals surface area (Å²) in [5, 5.41) is 2.52. The molecule has 0 unspecified atom stereocenters. The van der Waals surface area contributed by atoms with Gasteiger partial charge in [0.05, 0.1) is 17.5 Å². The molecule has 1 amide bonds. The van der Waals surface area contributed by atoms with Crippen molar-refractivity contribution in [3.8, 4) is 5.69 Å². The molecule has 128 valence electrons. The fraction of sp³-hybridized carbons (Fsp3) is 0.111. The zero-order valence-corrected chi connectivity index (χ0v) is 13.0. The van der Waals surface area contributed by atoms with Gasteiger partial charge in [-0.05, 0) is 29.8 Å². The second-order valence-corrected chi connectivity index (χ2v) is 5.36. The summed E-state index contributed by atoms with van der Waals surface area (Å²) in [5.74, 6) is -0.758. The monoisotopic (exact) mass is 345 g/mol. The number of hydrogen-bond donors (Lipinski definition) is 1. The average molecular weight is 345 g/mol. The van der Waals surface area contributed by atoms with Crippen LogP contribution in [0, 0.1) is 0 Å². The number of nitrogens with one attached hydrogen (secondary N) is 1. The SMILES string of the molecule is O=C(NCc1ccc(-n2ccnc2)cc1)c1ccccc1C(F)(F)F. The quantitative estimate of drug-likeness (QED) is 0.781. The Morgan fingerprint density at radius 3 is 2.44 bits per heavy atom. The number of carbonyl (C=O) groups is 1. The maximum atomic E-state index is 13.0. The third-order valence-corrected chi connectivity index (χ3v) is 3.67. The van der Waals surface area contributed by atoms with Crippen molar-refractivity contribution in [1.29, 1.82) is 0 Å². The Labute approximate surface area is 141 Å². The third kappa shape index (κ3) is 3.88. The number of imidazole rings is 1. The van der Waals surface area contributed by atoms with Gasteiger partial charge in [0.1, 0.15) is 0 Å². The first-order valence-corrected chi connectivity index (χ1v) is 7.47. The Bertz CT molecular complexity index is 856. The highest BCUT2D eigenvalue weighted by molar-refractivity contribution is 5.95. The fourth-order valence-corrected chi connectivity index (χ4v) is 2.40. The van der Waals surface area contributed by atoms with Crippen LogP contribution in [0.2, 0.25) is 0 Å². The van der Waals surface area contributed by atoms with Gasteiger partial charge in [-0.2, -0.15) is 13.2 Å². The molecule has 3 rings (SSSR count). The Morgan fingerprint density at radius 2 is 1.80 bits per heavy atom. The van der Waals surface area contributed by atoms with E-state index in [9.17, 15) is 18.0 Å². The van der Waals surface area contributed by atoms with Gasteiger partial charge in [0.25, 0.3) is 5.91 Å². The molecule has 25 heavy (non-hydrogen) atoms. The van der Waals surface area contributed by atoms with E-state index in [1.54, 1.807) is 30.9 Å². The molecule has 0 aliphatic rings. The molecule has 2 aromatic carbocycles. The van der Waals surface area contributed by atoms with Gasteiger partial charge < -0.3 is 9.88 Å². The highest BCUT2D eigenvalue weighted by atomic mass is 19.4. The second kappa shape index (κ2) is 6.80. The normalized spacial score (nSPS) is 11.3. The molecule has 1 N–H and O–H groups in total. The minimum Gasteiger partial charge on any atom is -0.348 e. The molecule has 0 saturated carbocycles. The van der Waals surface area contributed by atoms with Crippen LogP contribution in [0.1, 0.15) is 21.5 Å². The van der Waals surface area contributed by atoms with E-state index in [2.05, 4.69) is 10.3 Å². The van der Waals surface area contributed by atoms with Gasteiger partial charge in [-0.3, -0.25) is 4.79 Å². The molecule has 0 aliphatic heterocycles. The zero-order chi connectivity index (χ0) is 17.9. The predicted molar refractivity (Wildman–Crippen MR) is 86.2 cm³/mol. The molecule has 4 nitrogen and oxygen atoms in total. The maximum absolute atomic E-state index is 13.0. The molecule has 0 aliphatic carbocycles. The maximum Gasteiger partial charge on any atom is 0.417 e. The van der Waals surface area contributed by atoms with Crippen molar-refractivity contribution >= 4 is 5.91 Å². The molecular weight excluding hydrogens is 331 g/mol. The topological polar surface area (TPSA) is 46.9 Å². The van der Waals surface area contributed by atoms with Crippen LogP contribution < -0.4 is 5.32 Å². The van der Waals surface area contributed by atoms with Crippen molar-refractivity contribution in [2.75, 3.05) is 0 Å². The van der Waals surface area contributed by atoms with Crippen LogP contribution in [0.5, 0.6) is 0 Å². The number of hydrogen-bond acceptors (Lipinski definition) is 2. The van der Waals surface area contributed by atoms with Crippen LogP contribution in [0.3, 0.4) is 0 Å². The van der Waals surface area contributed by atoms with Gasteiger partial charge in [-0.1, -0.05) is 24.3 Å². The lowest BCUT2D eigenvalue weighted by Gasteiger charge is -2.13. The summed E-state index contributed by atoms with van der Waals surface area (Å²) < 4.78 is 40.7. The number of alkyl halides is 3. The number of amides is 1. The predicted octanol–water partition coefficient (Wildman–Crippen LogP) is 3.82. The highest BCUT2D eigenvalue weighted by Gasteiger charge is 2.34. The first-order valence-electron chi connectivity index (χ1n) is 7.47. The Morgan fingerprint density at radius 1 is 1.08 bits per heavy atom. The largest absolute Gasteiger partial charge is 0.417 e. The number of aromatic nitrogens is 2. The lowest BCUT2D eigenvalue weighted by atomic mass is 10.1. The molecule has 0 atom stereocenters. The van der Waals surface area contributed by atoms with Crippen molar-refractivity contribution < 1.29 is 18.0 Å². The number of carbonyl (C=O) groups excluding carboxylic acids is 1. The molecule has 0 spiro atoms. The van der Waals surface area contributed by atoms with Crippen molar-refractivity contribution in [1.82, 2.24) is 14.9 Å². The summed E-state index contributed by atoms with van der Waals surface area (Å²) in [6.45, 7) is 0.134. The molecule has 3 aromatic rings. The van der Waals surface area contributed by atoms with Gasteiger partial charge in [-0.15, -0.1) is 0 Å². The summed E-state index contributed by atoms with van der Waals surface area (Å²) >= 11 is 0. The second-order valence-electron chi connectivity index (χ2n) is 5.36. The molecular formula is C18H14F3N3O. The van der Waals surface area contributed by atoms with Gasteiger partial charge in [0.15, 0.2) is 0 Å². The van der Waals surface area contributed by atoms with E-state index in [1.807, 2.05) is 16.7 Å². The summed E-state index contributed by atoms with van der Waals surface area (Å²) in [5.41, 5.74) is 0.352. The summed E-state index contributed by atoms with van der Waals surface area (Å²) in [4.78, 5) is 16.1. The standard InChI is InChI=1S/C18H14F3N3O/c19-18(20,21)16-4-2-1-3-15(16)17(25)23-11-13-5-7-14(8-6-13)24-10-9-22-12-24/h1-10,12H,11H2,(H,23,25). The van der Waals surface area contributed by atoms with Crippen molar-refractivity contribution in [3.05, 3.63) is 83.9 Å². The van der Waals surface area contributed by atoms with Crippen LogP contribution in [0.15, 0.2) is 67.3 Å². The number of halogens is 3. The van der Waals surface area contributed by atoms with E-state index in [4.69, 9.17) is 0 Å². The number of rotatable bonds is 4. The average Bonchev–Trinajstić information content (AvgIpc) is 3.14. The smallest absolute Gasteiger partial charge is 0.348 e. The zero-order valence-electron chi connectivity index (χ0n) is 13.0. The minimum atomic E-state index is -4.57. The van der Waals surface area contributed by atoms with Crippen LogP contribution in [0.4, 0.5) is 13.2 Å². The van der Waals surface area contributed by atoms with Gasteiger partial charge in [-0.25, -0.2) is 4.98 Å². The highest BCUT2D eigenvalue weighted by Crippen LogP contribution is 2.31. The number of nitrogens with zero attached hydrogens (tertiary/aromatic N) is 2. The molecule has 0 radical (unpaired) electrons. The van der Waals surface area contributed by atoms with Gasteiger partial charge >= 0.3 is 6.18 Å². The third-order valence-electron chi connectivity index (χ3n) is 3.67. The van der Waals surface area contributed by atoms with Crippen molar-refractivity contribution in [3.63, 3.8) is 0 Å². The fourth-order valence-electron chi connectivity index (χ4n) is 2.40. The molecule has 1 heterocycles. The van der Waals surface area contributed by atoms with Crippen LogP contribution in [0.25, 0.3) is 5.69 Å². The molecule has 1 aromatic heterocycles. The summed E-state index contributed by atoms with van der Waals surface area (Å²) in [6, 6.07) is 12.0. The summed E-state index contributed by atoms with van der Waals surface area (Å²) in [7, 11) is 0. The molecule has 0 saturated heterocycles. The van der Waals surface area contributed by atoms with E-state index in [0.717, 1.165) is 17.3 Å². The van der Waals surface area contributed by atoms with E-state index in [0.29, 0.717) is 0 Å². The van der Waals surface area contributed by atoms with Crippen LogP contribution >= 0.6 is 0 Å². The van der Waals surface area contributed by atoms with E-state index in [1.165, 1.54) is 18.2 Å². The van der Waals surface area contributed by atoms with E-state index < -0.39 is 17.6 Å². The van der Waals surface area contributed by atoms with Gasteiger partial charge in [0, 0.05) is 24.6 Å². The Kier molecular flexibility index (Phi) is 4.56. The van der Waals surface area contributed by atoms with E-state index >= 15 is 0 Å². The summed E-state index contributed by atoms with van der Waals surface area (Å²) in [6.07, 6.45) is 0.544. The lowest BCUT2D eigenvalue weighted by molar-refractivity contribution is -0.137. The molecule has 0 fully saturated rings. The lowest BCUT2D eigenvalue weighted by Crippen LogP contribution is -2.25. The van der Waals surface area contributed by atoms with Crippen LogP contribution in [-0.4, -0.2) is 15.5 Å². The van der Waals surface area contributed by atoms with Crippen molar-refractivity contribution in [2.45, 2.75) is 12.7 Å². The first kappa shape index (κ1) is 16.8.